The molecule has 0 aromatic rings. The normalized spacial score (nSPS) is 19.1. The van der Waals surface area contributed by atoms with E-state index >= 15 is 0 Å². The summed E-state index contributed by atoms with van der Waals surface area (Å²) in [5.41, 5.74) is 6.03. The van der Waals surface area contributed by atoms with Gasteiger partial charge in [0.1, 0.15) is 12.9 Å². The van der Waals surface area contributed by atoms with E-state index in [9.17, 15) is 14.4 Å². The first-order chi connectivity index (χ1) is 9.06. The van der Waals surface area contributed by atoms with Crippen LogP contribution in [0.5, 0.6) is 0 Å². The Morgan fingerprint density at radius 2 is 2.37 bits per heavy atom. The Morgan fingerprint density at radius 3 is 3.00 bits per heavy atom. The molecule has 19 heavy (non-hydrogen) atoms. The Bertz CT molecular complexity index is 416. The lowest BCUT2D eigenvalue weighted by Crippen LogP contribution is -2.48. The molecule has 104 valence electrons. The van der Waals surface area contributed by atoms with Crippen molar-refractivity contribution in [2.75, 3.05) is 13.7 Å². The predicted molar refractivity (Wildman–Crippen MR) is 65.9 cm³/mol. The molecule has 0 saturated heterocycles. The topological polar surface area (TPSA) is 108 Å². The Balaban J connectivity index is 2.38. The first-order valence-electron chi connectivity index (χ1n) is 5.66. The highest BCUT2D eigenvalue weighted by atomic mass is 16.6. The van der Waals surface area contributed by atoms with Gasteiger partial charge in [0.05, 0.1) is 7.11 Å². The average molecular weight is 268 g/mol. The summed E-state index contributed by atoms with van der Waals surface area (Å²) < 4.78 is 9.21. The minimum atomic E-state index is -1.27. The number of nitrogens with one attached hydrogen (secondary N) is 1. The number of carbonyl (C=O) groups excluding carboxylic acids is 3. The first kappa shape index (κ1) is 14.9. The average Bonchev–Trinajstić information content (AvgIpc) is 2.44. The van der Waals surface area contributed by atoms with Crippen LogP contribution in [0.15, 0.2) is 23.8 Å². The summed E-state index contributed by atoms with van der Waals surface area (Å²) in [6.07, 6.45) is 4.70. The van der Waals surface area contributed by atoms with E-state index in [1.807, 2.05) is 6.08 Å². The van der Waals surface area contributed by atoms with Gasteiger partial charge in [-0.05, 0) is 12.0 Å². The zero-order valence-electron chi connectivity index (χ0n) is 10.5. The van der Waals surface area contributed by atoms with Crippen molar-refractivity contribution in [1.82, 2.24) is 5.32 Å². The van der Waals surface area contributed by atoms with Crippen LogP contribution in [0.25, 0.3) is 0 Å². The molecule has 0 bridgehead atoms. The summed E-state index contributed by atoms with van der Waals surface area (Å²) >= 11 is 0. The van der Waals surface area contributed by atoms with Crippen LogP contribution in [-0.4, -0.2) is 38.2 Å². The molecular weight excluding hydrogens is 252 g/mol. The molecule has 1 rings (SSSR count). The Hall–Kier alpha value is -2.15. The van der Waals surface area contributed by atoms with Crippen LogP contribution >= 0.6 is 0 Å². The molecule has 0 aromatic heterocycles. The van der Waals surface area contributed by atoms with E-state index in [2.05, 4.69) is 10.1 Å². The van der Waals surface area contributed by atoms with E-state index in [0.717, 1.165) is 13.4 Å². The van der Waals surface area contributed by atoms with E-state index < -0.39 is 18.2 Å². The third-order valence-electron chi connectivity index (χ3n) is 2.44. The number of esters is 1. The van der Waals surface area contributed by atoms with Crippen molar-refractivity contribution in [2.24, 2.45) is 11.7 Å². The van der Waals surface area contributed by atoms with Gasteiger partial charge in [0, 0.05) is 5.92 Å². The van der Waals surface area contributed by atoms with E-state index in [4.69, 9.17) is 10.5 Å². The molecule has 7 nitrogen and oxygen atoms in total. The molecule has 0 spiro atoms. The summed E-state index contributed by atoms with van der Waals surface area (Å²) in [7, 11) is 1.16. The number of methoxy groups -OCH3 is 1. The van der Waals surface area contributed by atoms with Gasteiger partial charge in [-0.25, -0.2) is 9.59 Å². The Kier molecular flexibility index (Phi) is 5.74. The molecular formula is C12H16N2O5. The monoisotopic (exact) mass is 268 g/mol. The lowest BCUT2D eigenvalue weighted by Gasteiger charge is -2.14. The summed E-state index contributed by atoms with van der Waals surface area (Å²) in [5.74, 6) is -0.960. The van der Waals surface area contributed by atoms with Gasteiger partial charge in [0.15, 0.2) is 6.17 Å². The third-order valence-corrected chi connectivity index (χ3v) is 2.44. The molecule has 1 aliphatic rings. The lowest BCUT2D eigenvalue weighted by atomic mass is 9.98. The fourth-order valence-electron chi connectivity index (χ4n) is 1.47. The SMILES string of the molecule is COC(=O)C(N)NC(=O)OCC1=CC(C=O)CC=C1. The molecule has 0 radical (unpaired) electrons. The molecule has 3 N–H and O–H groups in total. The third kappa shape index (κ3) is 4.92. The van der Waals surface area contributed by atoms with E-state index in [1.54, 1.807) is 12.2 Å². The Morgan fingerprint density at radius 1 is 1.63 bits per heavy atom. The van der Waals surface area contributed by atoms with Crippen molar-refractivity contribution < 1.29 is 23.9 Å². The molecule has 1 aliphatic carbocycles. The quantitative estimate of drug-likeness (QED) is 0.408. The molecule has 1 amide bonds. The molecule has 0 heterocycles. The second-order valence-electron chi connectivity index (χ2n) is 3.90. The standard InChI is InChI=1S/C12H16N2O5/c1-18-11(16)10(13)14-12(17)19-7-9-4-2-3-8(5-9)6-15/h2,4-6,8,10H,3,7,13H2,1H3,(H,14,17). The minimum Gasteiger partial charge on any atom is -0.466 e. The maximum atomic E-state index is 11.3. The lowest BCUT2D eigenvalue weighted by molar-refractivity contribution is -0.142. The summed E-state index contributed by atoms with van der Waals surface area (Å²) in [5, 5.41) is 2.12. The van der Waals surface area contributed by atoms with Crippen LogP contribution < -0.4 is 11.1 Å². The van der Waals surface area contributed by atoms with Gasteiger partial charge >= 0.3 is 12.1 Å². The number of allylic oxidation sites excluding steroid dienone is 2. The molecule has 2 unspecified atom stereocenters. The predicted octanol–water partition coefficient (Wildman–Crippen LogP) is -0.128. The van der Waals surface area contributed by atoms with Crippen molar-refractivity contribution in [3.63, 3.8) is 0 Å². The van der Waals surface area contributed by atoms with Gasteiger partial charge in [0.25, 0.3) is 0 Å². The van der Waals surface area contributed by atoms with Crippen LogP contribution in [-0.2, 0) is 19.1 Å². The zero-order valence-corrected chi connectivity index (χ0v) is 10.5. The van der Waals surface area contributed by atoms with Crippen LogP contribution in [0.2, 0.25) is 0 Å². The second-order valence-corrected chi connectivity index (χ2v) is 3.90. The smallest absolute Gasteiger partial charge is 0.409 e. The van der Waals surface area contributed by atoms with Crippen LogP contribution in [0.1, 0.15) is 6.42 Å². The van der Waals surface area contributed by atoms with Gasteiger partial charge in [-0.2, -0.15) is 0 Å². The Labute approximate surface area is 110 Å². The fraction of sp³-hybridized carbons (Fsp3) is 0.417. The second kappa shape index (κ2) is 7.32. The van der Waals surface area contributed by atoms with Gasteiger partial charge in [-0.3, -0.25) is 5.32 Å². The van der Waals surface area contributed by atoms with Crippen molar-refractivity contribution in [3.05, 3.63) is 23.8 Å². The maximum Gasteiger partial charge on any atom is 0.409 e. The number of carbonyl (C=O) groups is 3. The number of rotatable bonds is 5. The van der Waals surface area contributed by atoms with Gasteiger partial charge in [-0.15, -0.1) is 0 Å². The van der Waals surface area contributed by atoms with E-state index in [-0.39, 0.29) is 12.5 Å². The van der Waals surface area contributed by atoms with Crippen molar-refractivity contribution in [2.45, 2.75) is 12.6 Å². The minimum absolute atomic E-state index is 0.000561. The van der Waals surface area contributed by atoms with Crippen LogP contribution in [0, 0.1) is 5.92 Å². The number of alkyl carbamates (subject to hydrolysis) is 1. The summed E-state index contributed by atoms with van der Waals surface area (Å²) in [4.78, 5) is 32.9. The fourth-order valence-corrected chi connectivity index (χ4v) is 1.47. The first-order valence-corrected chi connectivity index (χ1v) is 5.66. The van der Waals surface area contributed by atoms with Gasteiger partial charge in [-0.1, -0.05) is 18.2 Å². The number of hydrogen-bond acceptors (Lipinski definition) is 6. The van der Waals surface area contributed by atoms with Crippen LogP contribution in [0.4, 0.5) is 4.79 Å². The number of ether oxygens (including phenoxy) is 2. The summed E-state index contributed by atoms with van der Waals surface area (Å²) in [6, 6.07) is 0. The maximum absolute atomic E-state index is 11.3. The molecule has 0 aromatic carbocycles. The van der Waals surface area contributed by atoms with Crippen molar-refractivity contribution in [1.29, 1.82) is 0 Å². The number of nitrogens with two attached hydrogens (primary N) is 1. The highest BCUT2D eigenvalue weighted by Crippen LogP contribution is 2.14. The zero-order chi connectivity index (χ0) is 14.3. The van der Waals surface area contributed by atoms with Gasteiger partial charge < -0.3 is 20.0 Å². The number of hydrogen-bond donors (Lipinski definition) is 2. The highest BCUT2D eigenvalue weighted by molar-refractivity contribution is 5.80. The van der Waals surface area contributed by atoms with Gasteiger partial charge in [0.2, 0.25) is 0 Å². The van der Waals surface area contributed by atoms with E-state index in [1.165, 1.54) is 0 Å². The molecule has 7 heteroatoms. The molecule has 0 aliphatic heterocycles. The number of aldehydes is 1. The van der Waals surface area contributed by atoms with Crippen molar-refractivity contribution in [3.8, 4) is 0 Å². The summed E-state index contributed by atoms with van der Waals surface area (Å²) in [6.45, 7) is 0.000561. The van der Waals surface area contributed by atoms with Crippen LogP contribution in [0.3, 0.4) is 0 Å². The molecule has 2 atom stereocenters. The highest BCUT2D eigenvalue weighted by Gasteiger charge is 2.17. The molecule has 0 fully saturated rings. The van der Waals surface area contributed by atoms with Crippen molar-refractivity contribution >= 4 is 18.3 Å². The number of amides is 1. The molecule has 0 saturated carbocycles. The largest absolute Gasteiger partial charge is 0.466 e. The van der Waals surface area contributed by atoms with E-state index in [0.29, 0.717) is 12.0 Å².